The fourth-order valence-corrected chi connectivity index (χ4v) is 1.76. The smallest absolute Gasteiger partial charge is 0.120 e. The molecule has 0 spiro atoms. The molecule has 1 aromatic carbocycles. The van der Waals surface area contributed by atoms with Crippen LogP contribution in [-0.4, -0.2) is 13.7 Å². The molecule has 1 aliphatic rings. The van der Waals surface area contributed by atoms with Crippen LogP contribution in [-0.2, 0) is 0 Å². The Morgan fingerprint density at radius 1 is 1.43 bits per heavy atom. The van der Waals surface area contributed by atoms with E-state index < -0.39 is 0 Å². The molecule has 0 radical (unpaired) electrons. The van der Waals surface area contributed by atoms with Crippen LogP contribution in [0.4, 0.5) is 5.69 Å². The first-order valence-electron chi connectivity index (χ1n) is 4.91. The summed E-state index contributed by atoms with van der Waals surface area (Å²) in [5.74, 6) is 0.894. The van der Waals surface area contributed by atoms with Gasteiger partial charge in [0.1, 0.15) is 5.75 Å². The van der Waals surface area contributed by atoms with Crippen molar-refractivity contribution in [3.05, 3.63) is 30.3 Å². The van der Waals surface area contributed by atoms with Gasteiger partial charge in [0.25, 0.3) is 0 Å². The highest BCUT2D eigenvalue weighted by Crippen LogP contribution is 2.31. The van der Waals surface area contributed by atoms with E-state index in [9.17, 15) is 0 Å². The number of fused-ring (bicyclic) bond motifs is 1. The van der Waals surface area contributed by atoms with Gasteiger partial charge in [-0.15, -0.1) is 0 Å². The number of ether oxygens (including phenoxy) is 1. The number of nitrogens with one attached hydrogen (secondary N) is 1. The largest absolute Gasteiger partial charge is 0.497 e. The maximum atomic E-state index is 5.19. The SMILES string of the molecule is C=C1CCCNc2cc(OC)ccc21. The van der Waals surface area contributed by atoms with E-state index in [1.165, 1.54) is 11.1 Å². The Hall–Kier alpha value is -1.44. The van der Waals surface area contributed by atoms with Gasteiger partial charge in [-0.2, -0.15) is 0 Å². The number of anilines is 1. The number of rotatable bonds is 1. The third-order valence-electron chi connectivity index (χ3n) is 2.58. The molecule has 0 aliphatic carbocycles. The molecule has 0 aromatic heterocycles. The molecule has 1 aromatic rings. The Morgan fingerprint density at radius 3 is 3.07 bits per heavy atom. The van der Waals surface area contributed by atoms with Crippen molar-refractivity contribution in [1.29, 1.82) is 0 Å². The van der Waals surface area contributed by atoms with E-state index in [0.29, 0.717) is 0 Å². The summed E-state index contributed by atoms with van der Waals surface area (Å²) in [6.07, 6.45) is 2.22. The lowest BCUT2D eigenvalue weighted by Crippen LogP contribution is -1.99. The van der Waals surface area contributed by atoms with Gasteiger partial charge in [0, 0.05) is 23.9 Å². The van der Waals surface area contributed by atoms with Crippen LogP contribution in [0.3, 0.4) is 0 Å². The molecule has 0 atom stereocenters. The van der Waals surface area contributed by atoms with Crippen molar-refractivity contribution >= 4 is 11.3 Å². The Morgan fingerprint density at radius 2 is 2.29 bits per heavy atom. The zero-order valence-electron chi connectivity index (χ0n) is 8.47. The van der Waals surface area contributed by atoms with E-state index in [-0.39, 0.29) is 0 Å². The molecule has 2 heteroatoms. The summed E-state index contributed by atoms with van der Waals surface area (Å²) < 4.78 is 5.19. The molecule has 2 nitrogen and oxygen atoms in total. The van der Waals surface area contributed by atoms with Crippen molar-refractivity contribution in [2.75, 3.05) is 19.0 Å². The number of hydrogen-bond acceptors (Lipinski definition) is 2. The highest BCUT2D eigenvalue weighted by atomic mass is 16.5. The molecular formula is C12H15NO. The molecule has 2 rings (SSSR count). The quantitative estimate of drug-likeness (QED) is 0.733. The lowest BCUT2D eigenvalue weighted by Gasteiger charge is -2.10. The van der Waals surface area contributed by atoms with Gasteiger partial charge in [0.2, 0.25) is 0 Å². The summed E-state index contributed by atoms with van der Waals surface area (Å²) in [6, 6.07) is 6.09. The van der Waals surface area contributed by atoms with Crippen molar-refractivity contribution in [2.24, 2.45) is 0 Å². The predicted molar refractivity (Wildman–Crippen MR) is 59.8 cm³/mol. The lowest BCUT2D eigenvalue weighted by molar-refractivity contribution is 0.415. The minimum Gasteiger partial charge on any atom is -0.497 e. The normalized spacial score (nSPS) is 15.4. The zero-order valence-corrected chi connectivity index (χ0v) is 8.47. The molecule has 0 fully saturated rings. The molecule has 74 valence electrons. The molecule has 14 heavy (non-hydrogen) atoms. The summed E-state index contributed by atoms with van der Waals surface area (Å²) in [5.41, 5.74) is 3.59. The summed E-state index contributed by atoms with van der Waals surface area (Å²) in [6.45, 7) is 5.10. The van der Waals surface area contributed by atoms with Gasteiger partial charge in [0.05, 0.1) is 7.11 Å². The molecular weight excluding hydrogens is 174 g/mol. The maximum Gasteiger partial charge on any atom is 0.120 e. The van der Waals surface area contributed by atoms with Crippen LogP contribution in [0.1, 0.15) is 18.4 Å². The van der Waals surface area contributed by atoms with E-state index in [1.807, 2.05) is 12.1 Å². The number of allylic oxidation sites excluding steroid dienone is 1. The first-order chi connectivity index (χ1) is 6.81. The van der Waals surface area contributed by atoms with E-state index in [1.54, 1.807) is 7.11 Å². The van der Waals surface area contributed by atoms with Crippen molar-refractivity contribution in [1.82, 2.24) is 0 Å². The third-order valence-corrected chi connectivity index (χ3v) is 2.58. The molecule has 1 heterocycles. The van der Waals surface area contributed by atoms with Crippen LogP contribution in [0, 0.1) is 0 Å². The van der Waals surface area contributed by atoms with Gasteiger partial charge in [-0.1, -0.05) is 6.58 Å². The van der Waals surface area contributed by atoms with Crippen molar-refractivity contribution < 1.29 is 4.74 Å². The zero-order chi connectivity index (χ0) is 9.97. The lowest BCUT2D eigenvalue weighted by atomic mass is 10.0. The third kappa shape index (κ3) is 1.60. The Kier molecular flexibility index (Phi) is 2.44. The highest BCUT2D eigenvalue weighted by Gasteiger charge is 2.10. The van der Waals surface area contributed by atoms with Crippen molar-refractivity contribution in [2.45, 2.75) is 12.8 Å². The molecule has 0 saturated carbocycles. The predicted octanol–water partition coefficient (Wildman–Crippen LogP) is 2.91. The summed E-state index contributed by atoms with van der Waals surface area (Å²) >= 11 is 0. The monoisotopic (exact) mass is 189 g/mol. The number of hydrogen-bond donors (Lipinski definition) is 1. The van der Waals surface area contributed by atoms with Gasteiger partial charge in [0.15, 0.2) is 0 Å². The molecule has 0 saturated heterocycles. The number of benzene rings is 1. The first-order valence-corrected chi connectivity index (χ1v) is 4.91. The van der Waals surface area contributed by atoms with E-state index in [4.69, 9.17) is 4.74 Å². The second kappa shape index (κ2) is 3.74. The fourth-order valence-electron chi connectivity index (χ4n) is 1.76. The summed E-state index contributed by atoms with van der Waals surface area (Å²) in [4.78, 5) is 0. The standard InChI is InChI=1S/C12H15NO/c1-9-4-3-7-13-12-8-10(14-2)5-6-11(9)12/h5-6,8,13H,1,3-4,7H2,2H3. The fraction of sp³-hybridized carbons (Fsp3) is 0.333. The Bertz CT molecular complexity index is 357. The van der Waals surface area contributed by atoms with Crippen LogP contribution in [0.25, 0.3) is 5.57 Å². The van der Waals surface area contributed by atoms with Gasteiger partial charge in [-0.3, -0.25) is 0 Å². The minimum atomic E-state index is 0.894. The second-order valence-corrected chi connectivity index (χ2v) is 3.55. The molecule has 0 amide bonds. The van der Waals surface area contributed by atoms with Crippen LogP contribution >= 0.6 is 0 Å². The minimum absolute atomic E-state index is 0.894. The Balaban J connectivity index is 2.43. The summed E-state index contributed by atoms with van der Waals surface area (Å²) in [7, 11) is 1.69. The van der Waals surface area contributed by atoms with E-state index in [2.05, 4.69) is 18.0 Å². The van der Waals surface area contributed by atoms with Crippen LogP contribution in [0.5, 0.6) is 5.75 Å². The van der Waals surface area contributed by atoms with Crippen molar-refractivity contribution in [3.63, 3.8) is 0 Å². The van der Waals surface area contributed by atoms with Gasteiger partial charge in [-0.05, 0) is 30.5 Å². The Labute approximate surface area is 84.6 Å². The first kappa shape index (κ1) is 9.13. The van der Waals surface area contributed by atoms with Gasteiger partial charge in [-0.25, -0.2) is 0 Å². The molecule has 1 aliphatic heterocycles. The van der Waals surface area contributed by atoms with E-state index >= 15 is 0 Å². The van der Waals surface area contributed by atoms with E-state index in [0.717, 1.165) is 30.8 Å². The maximum absolute atomic E-state index is 5.19. The van der Waals surface area contributed by atoms with Gasteiger partial charge < -0.3 is 10.1 Å². The van der Waals surface area contributed by atoms with Crippen molar-refractivity contribution in [3.8, 4) is 5.75 Å². The van der Waals surface area contributed by atoms with Crippen LogP contribution < -0.4 is 10.1 Å². The molecule has 0 bridgehead atoms. The molecule has 1 N–H and O–H groups in total. The topological polar surface area (TPSA) is 21.3 Å². The summed E-state index contributed by atoms with van der Waals surface area (Å²) in [5, 5.41) is 3.39. The van der Waals surface area contributed by atoms with Gasteiger partial charge >= 0.3 is 0 Å². The average Bonchev–Trinajstić information content (AvgIpc) is 2.40. The number of methoxy groups -OCH3 is 1. The highest BCUT2D eigenvalue weighted by molar-refractivity contribution is 5.77. The van der Waals surface area contributed by atoms with Crippen LogP contribution in [0.2, 0.25) is 0 Å². The second-order valence-electron chi connectivity index (χ2n) is 3.55. The van der Waals surface area contributed by atoms with Crippen LogP contribution in [0.15, 0.2) is 24.8 Å². The molecule has 0 unspecified atom stereocenters. The average molecular weight is 189 g/mol.